The molecule has 4 heterocycles. The van der Waals surface area contributed by atoms with Crippen LogP contribution in [0.25, 0.3) is 28.4 Å². The van der Waals surface area contributed by atoms with E-state index < -0.39 is 42.3 Å². The van der Waals surface area contributed by atoms with Crippen molar-refractivity contribution in [3.05, 3.63) is 77.4 Å². The lowest BCUT2D eigenvalue weighted by Crippen LogP contribution is -2.42. The Hall–Kier alpha value is -4.88. The summed E-state index contributed by atoms with van der Waals surface area (Å²) in [5.41, 5.74) is 5.51. The predicted octanol–water partition coefficient (Wildman–Crippen LogP) is 4.83. The third kappa shape index (κ3) is 6.63. The van der Waals surface area contributed by atoms with Gasteiger partial charge in [-0.1, -0.05) is 0 Å². The number of nitrogens with zero attached hydrogens (tertiary/aromatic N) is 5. The molecular weight excluding hydrogens is 573 g/mol. The van der Waals surface area contributed by atoms with Crippen molar-refractivity contribution in [2.45, 2.75) is 31.5 Å². The molecule has 9 nitrogen and oxygen atoms in total. The number of alkyl halides is 5. The molecule has 1 aromatic carbocycles. The van der Waals surface area contributed by atoms with Crippen LogP contribution < -0.4 is 11.1 Å². The monoisotopic (exact) mass is 599 g/mol. The first-order valence-corrected chi connectivity index (χ1v) is 13.2. The minimum Gasteiger partial charge on any atom is -0.384 e. The molecule has 1 saturated heterocycles. The summed E-state index contributed by atoms with van der Waals surface area (Å²) < 4.78 is 70.7. The number of hydrogen-bond donors (Lipinski definition) is 2. The van der Waals surface area contributed by atoms with Crippen LogP contribution >= 0.6 is 0 Å². The molecule has 0 bridgehead atoms. The number of piperidine rings is 1. The fourth-order valence-electron chi connectivity index (χ4n) is 4.68. The Morgan fingerprint density at radius 3 is 2.44 bits per heavy atom. The maximum atomic E-state index is 14.1. The lowest BCUT2D eigenvalue weighted by Gasteiger charge is -2.31. The lowest BCUT2D eigenvalue weighted by atomic mass is 10.0. The van der Waals surface area contributed by atoms with Crippen LogP contribution in [-0.2, 0) is 24.6 Å². The highest BCUT2D eigenvalue weighted by Crippen LogP contribution is 2.38. The number of anilines is 1. The maximum Gasteiger partial charge on any atom is 0.418 e. The van der Waals surface area contributed by atoms with Crippen molar-refractivity contribution >= 4 is 34.7 Å². The van der Waals surface area contributed by atoms with Crippen LogP contribution in [0.5, 0.6) is 0 Å². The van der Waals surface area contributed by atoms with Crippen LogP contribution in [0, 0.1) is 0 Å². The molecule has 4 aromatic rings. The first-order valence-electron chi connectivity index (χ1n) is 13.2. The molecule has 14 heteroatoms. The highest BCUT2D eigenvalue weighted by Gasteiger charge is 2.37. The van der Waals surface area contributed by atoms with Gasteiger partial charge < -0.3 is 20.5 Å². The van der Waals surface area contributed by atoms with Crippen LogP contribution in [-0.4, -0.2) is 55.2 Å². The number of carbonyl (C=O) groups excluding carboxylic acids is 2. The van der Waals surface area contributed by atoms with E-state index in [9.17, 15) is 31.5 Å². The Labute approximate surface area is 242 Å². The molecule has 5 rings (SSSR count). The fraction of sp³-hybridized carbons (Fsp3) is 0.276. The van der Waals surface area contributed by atoms with E-state index in [-0.39, 0.29) is 53.3 Å². The number of nitrogens with one attached hydrogen (secondary N) is 1. The van der Waals surface area contributed by atoms with Crippen molar-refractivity contribution in [3.8, 4) is 11.3 Å². The Balaban J connectivity index is 1.37. The molecule has 1 aliphatic heterocycles. The summed E-state index contributed by atoms with van der Waals surface area (Å²) in [5, 5.41) is 2.61. The van der Waals surface area contributed by atoms with Gasteiger partial charge in [0.05, 0.1) is 28.9 Å². The zero-order valence-corrected chi connectivity index (χ0v) is 22.8. The van der Waals surface area contributed by atoms with Crippen molar-refractivity contribution in [2.75, 3.05) is 18.8 Å². The zero-order chi connectivity index (χ0) is 30.9. The Morgan fingerprint density at radius 1 is 1.07 bits per heavy atom. The van der Waals surface area contributed by atoms with Gasteiger partial charge in [-0.2, -0.15) is 13.2 Å². The van der Waals surface area contributed by atoms with Gasteiger partial charge in [-0.3, -0.25) is 14.6 Å². The number of carbonyl (C=O) groups is 2. The standard InChI is InChI=1S/C29H26F5N7O2/c1-40-22-13-19(21-5-4-18(15-36-21)27(43)41-10-8-28(30,31)9-11-41)12-20(29(32,33)34)26(22)39-24(40)16-38-25(42)7-3-17-2-6-23(35)37-14-17/h2-7,12-15H,8-11,16H2,1H3,(H2,35,37)(H,38,42)/b7-3+. The average molecular weight is 600 g/mol. The minimum absolute atomic E-state index is 0.0984. The Kier molecular flexibility index (Phi) is 7.86. The summed E-state index contributed by atoms with van der Waals surface area (Å²) in [5.74, 6) is -3.25. The number of likely N-dealkylation sites (tertiary alicyclic amines) is 1. The van der Waals surface area contributed by atoms with E-state index >= 15 is 0 Å². The number of halogens is 5. The molecule has 0 atom stereocenters. The summed E-state index contributed by atoms with van der Waals surface area (Å²) >= 11 is 0. The van der Waals surface area contributed by atoms with Crippen molar-refractivity contribution in [1.29, 1.82) is 0 Å². The summed E-state index contributed by atoms with van der Waals surface area (Å²) in [6.45, 7) is -0.337. The number of aromatic nitrogens is 4. The summed E-state index contributed by atoms with van der Waals surface area (Å²) in [4.78, 5) is 38.7. The predicted molar refractivity (Wildman–Crippen MR) is 149 cm³/mol. The lowest BCUT2D eigenvalue weighted by molar-refractivity contribution is -0.136. The van der Waals surface area contributed by atoms with E-state index in [0.717, 1.165) is 6.07 Å². The van der Waals surface area contributed by atoms with Crippen LogP contribution in [0.3, 0.4) is 0 Å². The fourth-order valence-corrected chi connectivity index (χ4v) is 4.68. The number of amides is 2. The van der Waals surface area contributed by atoms with E-state index in [1.807, 2.05) is 0 Å². The first kappa shape index (κ1) is 29.6. The number of fused-ring (bicyclic) bond motifs is 1. The smallest absolute Gasteiger partial charge is 0.384 e. The molecule has 224 valence electrons. The number of benzene rings is 1. The van der Waals surface area contributed by atoms with Crippen molar-refractivity contribution in [1.82, 2.24) is 29.7 Å². The molecule has 0 aliphatic carbocycles. The Morgan fingerprint density at radius 2 is 1.81 bits per heavy atom. The van der Waals surface area contributed by atoms with Gasteiger partial charge in [-0.15, -0.1) is 0 Å². The topological polar surface area (TPSA) is 119 Å². The van der Waals surface area contributed by atoms with E-state index in [2.05, 4.69) is 20.3 Å². The maximum absolute atomic E-state index is 14.1. The van der Waals surface area contributed by atoms with Gasteiger partial charge in [0.2, 0.25) is 5.91 Å². The molecule has 3 aromatic heterocycles. The molecule has 3 N–H and O–H groups in total. The summed E-state index contributed by atoms with van der Waals surface area (Å²) in [6, 6.07) is 8.49. The molecule has 1 fully saturated rings. The average Bonchev–Trinajstić information content (AvgIpc) is 3.29. The molecule has 1 aliphatic rings. The molecular formula is C29H26F5N7O2. The number of rotatable bonds is 6. The normalized spacial score (nSPS) is 15.3. The number of nitrogens with two attached hydrogens (primary N) is 1. The van der Waals surface area contributed by atoms with E-state index in [1.165, 1.54) is 59.3 Å². The quantitative estimate of drug-likeness (QED) is 0.242. The highest BCUT2D eigenvalue weighted by molar-refractivity contribution is 5.94. The third-order valence-electron chi connectivity index (χ3n) is 7.13. The number of nitrogen functional groups attached to an aromatic ring is 1. The molecule has 0 unspecified atom stereocenters. The van der Waals surface area contributed by atoms with E-state index in [1.54, 1.807) is 12.1 Å². The van der Waals surface area contributed by atoms with Crippen LogP contribution in [0.15, 0.2) is 54.9 Å². The molecule has 0 radical (unpaired) electrons. The Bertz CT molecular complexity index is 1690. The van der Waals surface area contributed by atoms with Gasteiger partial charge in [-0.25, -0.2) is 18.7 Å². The zero-order valence-electron chi connectivity index (χ0n) is 22.8. The van der Waals surface area contributed by atoms with Crippen LogP contribution in [0.1, 0.15) is 40.2 Å². The van der Waals surface area contributed by atoms with Gasteiger partial charge in [-0.05, 0) is 48.0 Å². The second kappa shape index (κ2) is 11.4. The summed E-state index contributed by atoms with van der Waals surface area (Å²) in [6.07, 6.45) is -0.125. The number of imidazole rings is 1. The molecule has 0 spiro atoms. The van der Waals surface area contributed by atoms with E-state index in [4.69, 9.17) is 5.73 Å². The second-order valence-electron chi connectivity index (χ2n) is 10.1. The van der Waals surface area contributed by atoms with Crippen LogP contribution in [0.4, 0.5) is 27.8 Å². The second-order valence-corrected chi connectivity index (χ2v) is 10.1. The number of hydrogen-bond acceptors (Lipinski definition) is 6. The first-order chi connectivity index (χ1) is 20.3. The molecule has 43 heavy (non-hydrogen) atoms. The molecule has 0 saturated carbocycles. The van der Waals surface area contributed by atoms with Gasteiger partial charge in [0, 0.05) is 57.0 Å². The highest BCUT2D eigenvalue weighted by atomic mass is 19.4. The minimum atomic E-state index is -4.74. The molecule has 2 amide bonds. The van der Waals surface area contributed by atoms with Crippen LogP contribution in [0.2, 0.25) is 0 Å². The van der Waals surface area contributed by atoms with E-state index in [0.29, 0.717) is 11.4 Å². The van der Waals surface area contributed by atoms with Gasteiger partial charge >= 0.3 is 6.18 Å². The third-order valence-corrected chi connectivity index (χ3v) is 7.13. The largest absolute Gasteiger partial charge is 0.418 e. The summed E-state index contributed by atoms with van der Waals surface area (Å²) in [7, 11) is 1.54. The van der Waals surface area contributed by atoms with Gasteiger partial charge in [0.15, 0.2) is 0 Å². The number of aryl methyl sites for hydroxylation is 1. The number of pyridine rings is 2. The van der Waals surface area contributed by atoms with Gasteiger partial charge in [0.25, 0.3) is 11.8 Å². The van der Waals surface area contributed by atoms with Crippen molar-refractivity contribution in [2.24, 2.45) is 7.05 Å². The SMILES string of the molecule is Cn1c(CNC(=O)/C=C/c2ccc(N)nc2)nc2c(C(F)(F)F)cc(-c3ccc(C(=O)N4CCC(F)(F)CC4)cn3)cc21. The van der Waals surface area contributed by atoms with Crippen molar-refractivity contribution in [3.63, 3.8) is 0 Å². The van der Waals surface area contributed by atoms with Crippen molar-refractivity contribution < 1.29 is 31.5 Å². The van der Waals surface area contributed by atoms with Gasteiger partial charge in [0.1, 0.15) is 17.2 Å².